The number of aromatic carboxylic acids is 1. The van der Waals surface area contributed by atoms with Crippen molar-refractivity contribution in [2.24, 2.45) is 0 Å². The molecule has 3 N–H and O–H groups in total. The van der Waals surface area contributed by atoms with Crippen molar-refractivity contribution >= 4 is 11.7 Å². The van der Waals surface area contributed by atoms with E-state index in [2.05, 4.69) is 5.10 Å². The molecular formula is C13H15N3O3. The van der Waals surface area contributed by atoms with E-state index in [1.807, 2.05) is 13.1 Å². The van der Waals surface area contributed by atoms with Crippen LogP contribution in [0.4, 0.5) is 5.69 Å². The second-order valence-electron chi connectivity index (χ2n) is 4.05. The van der Waals surface area contributed by atoms with Crippen LogP contribution in [0.25, 0.3) is 0 Å². The first-order valence-electron chi connectivity index (χ1n) is 5.87. The molecule has 1 aromatic carbocycles. The minimum Gasteiger partial charge on any atom is -0.487 e. The number of carbonyl (C=O) groups is 1. The van der Waals surface area contributed by atoms with Gasteiger partial charge in [0.25, 0.3) is 0 Å². The van der Waals surface area contributed by atoms with Crippen molar-refractivity contribution in [3.05, 3.63) is 41.7 Å². The molecule has 0 fully saturated rings. The predicted molar refractivity (Wildman–Crippen MR) is 70.0 cm³/mol. The highest BCUT2D eigenvalue weighted by atomic mass is 16.5. The standard InChI is InChI=1S/C13H15N3O3/c1-2-16-7-9(6-15-16)8-19-12-5-10(13(17)18)3-4-11(12)14/h3-7H,2,8,14H2,1H3,(H,17,18). The molecule has 1 aromatic heterocycles. The van der Waals surface area contributed by atoms with E-state index in [1.165, 1.54) is 18.2 Å². The molecule has 0 aliphatic rings. The maximum Gasteiger partial charge on any atom is 0.335 e. The van der Waals surface area contributed by atoms with Gasteiger partial charge in [0, 0.05) is 18.3 Å². The third kappa shape index (κ3) is 3.04. The molecule has 0 atom stereocenters. The van der Waals surface area contributed by atoms with E-state index in [0.717, 1.165) is 12.1 Å². The third-order valence-electron chi connectivity index (χ3n) is 2.67. The number of aromatic nitrogens is 2. The zero-order valence-corrected chi connectivity index (χ0v) is 10.5. The van der Waals surface area contributed by atoms with E-state index in [4.69, 9.17) is 15.6 Å². The summed E-state index contributed by atoms with van der Waals surface area (Å²) >= 11 is 0. The van der Waals surface area contributed by atoms with Gasteiger partial charge in [0.1, 0.15) is 12.4 Å². The van der Waals surface area contributed by atoms with Gasteiger partial charge < -0.3 is 15.6 Å². The molecule has 0 radical (unpaired) electrons. The van der Waals surface area contributed by atoms with Crippen molar-refractivity contribution in [3.63, 3.8) is 0 Å². The zero-order chi connectivity index (χ0) is 13.8. The Hall–Kier alpha value is -2.50. The number of ether oxygens (including phenoxy) is 1. The van der Waals surface area contributed by atoms with Crippen molar-refractivity contribution < 1.29 is 14.6 Å². The second kappa shape index (κ2) is 5.43. The fraction of sp³-hybridized carbons (Fsp3) is 0.231. The minimum atomic E-state index is -1.01. The zero-order valence-electron chi connectivity index (χ0n) is 10.5. The van der Waals surface area contributed by atoms with Crippen molar-refractivity contribution in [2.75, 3.05) is 5.73 Å². The number of hydrogen-bond acceptors (Lipinski definition) is 4. The molecule has 0 saturated heterocycles. The van der Waals surface area contributed by atoms with Crippen LogP contribution < -0.4 is 10.5 Å². The van der Waals surface area contributed by atoms with Crippen LogP contribution in [0.15, 0.2) is 30.6 Å². The first kappa shape index (κ1) is 12.9. The van der Waals surface area contributed by atoms with Gasteiger partial charge in [-0.25, -0.2) is 4.79 Å². The maximum absolute atomic E-state index is 10.9. The van der Waals surface area contributed by atoms with Gasteiger partial charge in [0.05, 0.1) is 17.4 Å². The molecule has 2 aromatic rings. The number of rotatable bonds is 5. The Labute approximate surface area is 110 Å². The van der Waals surface area contributed by atoms with Crippen LogP contribution in [0.3, 0.4) is 0 Å². The molecule has 0 amide bonds. The number of aryl methyl sites for hydroxylation is 1. The number of nitrogens with zero attached hydrogens (tertiary/aromatic N) is 2. The molecule has 6 nitrogen and oxygen atoms in total. The van der Waals surface area contributed by atoms with Crippen molar-refractivity contribution in [1.82, 2.24) is 9.78 Å². The topological polar surface area (TPSA) is 90.4 Å². The molecule has 0 unspecified atom stereocenters. The molecule has 0 bridgehead atoms. The molecule has 2 rings (SSSR count). The summed E-state index contributed by atoms with van der Waals surface area (Å²) in [6, 6.07) is 4.38. The smallest absolute Gasteiger partial charge is 0.335 e. The summed E-state index contributed by atoms with van der Waals surface area (Å²) in [5.41, 5.74) is 7.21. The van der Waals surface area contributed by atoms with Gasteiger partial charge in [-0.3, -0.25) is 4.68 Å². The molecule has 0 aliphatic carbocycles. The van der Waals surface area contributed by atoms with Gasteiger partial charge in [0.15, 0.2) is 0 Å². The third-order valence-corrected chi connectivity index (χ3v) is 2.67. The summed E-state index contributed by atoms with van der Waals surface area (Å²) in [6.45, 7) is 3.08. The number of hydrogen-bond donors (Lipinski definition) is 2. The van der Waals surface area contributed by atoms with Gasteiger partial charge in [-0.15, -0.1) is 0 Å². The van der Waals surface area contributed by atoms with Crippen LogP contribution in [0.2, 0.25) is 0 Å². The highest BCUT2D eigenvalue weighted by molar-refractivity contribution is 5.89. The summed E-state index contributed by atoms with van der Waals surface area (Å²) in [4.78, 5) is 10.9. The lowest BCUT2D eigenvalue weighted by Crippen LogP contribution is -2.02. The second-order valence-corrected chi connectivity index (χ2v) is 4.05. The molecule has 100 valence electrons. The van der Waals surface area contributed by atoms with Crippen LogP contribution >= 0.6 is 0 Å². The van der Waals surface area contributed by atoms with Crippen LogP contribution in [0, 0.1) is 0 Å². The predicted octanol–water partition coefficient (Wildman–Crippen LogP) is 1.76. The Kier molecular flexibility index (Phi) is 3.70. The molecule has 19 heavy (non-hydrogen) atoms. The van der Waals surface area contributed by atoms with Gasteiger partial charge in [-0.2, -0.15) is 5.10 Å². The monoisotopic (exact) mass is 261 g/mol. The number of nitrogens with two attached hydrogens (primary N) is 1. The van der Waals surface area contributed by atoms with E-state index in [9.17, 15) is 4.79 Å². The maximum atomic E-state index is 10.9. The summed E-state index contributed by atoms with van der Waals surface area (Å²) < 4.78 is 7.32. The lowest BCUT2D eigenvalue weighted by molar-refractivity contribution is 0.0696. The van der Waals surface area contributed by atoms with Gasteiger partial charge >= 0.3 is 5.97 Å². The van der Waals surface area contributed by atoms with Crippen molar-refractivity contribution in [1.29, 1.82) is 0 Å². The Morgan fingerprint density at radius 3 is 2.95 bits per heavy atom. The number of nitrogen functional groups attached to an aromatic ring is 1. The first-order valence-corrected chi connectivity index (χ1v) is 5.87. The Morgan fingerprint density at radius 1 is 1.53 bits per heavy atom. The molecular weight excluding hydrogens is 246 g/mol. The first-order chi connectivity index (χ1) is 9.10. The van der Waals surface area contributed by atoms with E-state index in [1.54, 1.807) is 10.9 Å². The summed E-state index contributed by atoms with van der Waals surface area (Å²) in [5.74, 6) is -0.646. The average Bonchev–Trinajstić information content (AvgIpc) is 2.85. The van der Waals surface area contributed by atoms with Crippen molar-refractivity contribution in [3.8, 4) is 5.75 Å². The quantitative estimate of drug-likeness (QED) is 0.800. The summed E-state index contributed by atoms with van der Waals surface area (Å²) in [7, 11) is 0. The number of benzene rings is 1. The fourth-order valence-electron chi connectivity index (χ4n) is 1.61. The van der Waals surface area contributed by atoms with Crippen molar-refractivity contribution in [2.45, 2.75) is 20.1 Å². The van der Waals surface area contributed by atoms with E-state index >= 15 is 0 Å². The summed E-state index contributed by atoms with van der Waals surface area (Å²) in [6.07, 6.45) is 3.58. The fourth-order valence-corrected chi connectivity index (χ4v) is 1.61. The van der Waals surface area contributed by atoms with Crippen LogP contribution in [-0.2, 0) is 13.2 Å². The number of anilines is 1. The number of carboxylic acid groups (broad SMARTS) is 1. The normalized spacial score (nSPS) is 10.4. The van der Waals surface area contributed by atoms with E-state index in [0.29, 0.717) is 18.0 Å². The lowest BCUT2D eigenvalue weighted by atomic mass is 10.2. The highest BCUT2D eigenvalue weighted by Gasteiger charge is 2.08. The average molecular weight is 261 g/mol. The highest BCUT2D eigenvalue weighted by Crippen LogP contribution is 2.23. The molecule has 0 saturated carbocycles. The van der Waals surface area contributed by atoms with Gasteiger partial charge in [-0.05, 0) is 25.1 Å². The Balaban J connectivity index is 2.10. The number of carboxylic acids is 1. The van der Waals surface area contributed by atoms with E-state index < -0.39 is 5.97 Å². The van der Waals surface area contributed by atoms with Crippen LogP contribution in [-0.4, -0.2) is 20.9 Å². The molecule has 0 aliphatic heterocycles. The lowest BCUT2D eigenvalue weighted by Gasteiger charge is -2.08. The van der Waals surface area contributed by atoms with Gasteiger partial charge in [0.2, 0.25) is 0 Å². The largest absolute Gasteiger partial charge is 0.487 e. The molecule has 1 heterocycles. The summed E-state index contributed by atoms with van der Waals surface area (Å²) in [5, 5.41) is 13.0. The Morgan fingerprint density at radius 2 is 2.32 bits per heavy atom. The Bertz CT molecular complexity index is 593. The molecule has 0 spiro atoms. The SMILES string of the molecule is CCn1cc(COc2cc(C(=O)O)ccc2N)cn1. The van der Waals surface area contributed by atoms with Gasteiger partial charge in [-0.1, -0.05) is 0 Å². The van der Waals surface area contributed by atoms with E-state index in [-0.39, 0.29) is 5.56 Å². The van der Waals surface area contributed by atoms with Crippen LogP contribution in [0.5, 0.6) is 5.75 Å². The minimum absolute atomic E-state index is 0.147. The molecule has 6 heteroatoms. The van der Waals surface area contributed by atoms with Crippen LogP contribution in [0.1, 0.15) is 22.8 Å².